The molecule has 0 bridgehead atoms. The molecule has 0 aliphatic heterocycles. The van der Waals surface area contributed by atoms with Crippen molar-refractivity contribution in [3.63, 3.8) is 0 Å². The fourth-order valence-electron chi connectivity index (χ4n) is 2.74. The normalized spacial score (nSPS) is 13.4. The van der Waals surface area contributed by atoms with Gasteiger partial charge in [-0.2, -0.15) is 0 Å². The first-order valence-electron chi connectivity index (χ1n) is 9.48. The Balaban J connectivity index is 1.99. The van der Waals surface area contributed by atoms with Crippen LogP contribution >= 0.6 is 0 Å². The van der Waals surface area contributed by atoms with Crippen LogP contribution in [0.2, 0.25) is 0 Å². The minimum Gasteiger partial charge on any atom is -0.467 e. The van der Waals surface area contributed by atoms with E-state index >= 15 is 0 Å². The first-order valence-corrected chi connectivity index (χ1v) is 9.48. The highest BCUT2D eigenvalue weighted by Crippen LogP contribution is 2.06. The van der Waals surface area contributed by atoms with Gasteiger partial charge in [0.05, 0.1) is 13.2 Å². The van der Waals surface area contributed by atoms with Crippen LogP contribution in [0.1, 0.15) is 18.1 Å². The molecule has 2 amide bonds. The first kappa shape index (κ1) is 22.9. The molecule has 0 saturated heterocycles. The van der Waals surface area contributed by atoms with E-state index in [1.54, 1.807) is 12.1 Å². The third-order valence-electron chi connectivity index (χ3n) is 4.34. The summed E-state index contributed by atoms with van der Waals surface area (Å²) in [6.45, 7) is 1.37. The molecule has 0 unspecified atom stereocenters. The largest absolute Gasteiger partial charge is 0.467 e. The number of esters is 1. The first-order chi connectivity index (χ1) is 14.4. The van der Waals surface area contributed by atoms with E-state index in [2.05, 4.69) is 10.6 Å². The number of hydrogen-bond donors (Lipinski definition) is 3. The Morgan fingerprint density at radius 1 is 0.933 bits per heavy atom. The van der Waals surface area contributed by atoms with Crippen molar-refractivity contribution < 1.29 is 29.0 Å². The van der Waals surface area contributed by atoms with Crippen molar-refractivity contribution in [2.45, 2.75) is 38.1 Å². The van der Waals surface area contributed by atoms with Gasteiger partial charge in [0.1, 0.15) is 18.7 Å². The Morgan fingerprint density at radius 2 is 1.50 bits per heavy atom. The van der Waals surface area contributed by atoms with E-state index in [4.69, 9.17) is 9.47 Å². The third-order valence-corrected chi connectivity index (χ3v) is 4.34. The molecule has 3 atom stereocenters. The zero-order chi connectivity index (χ0) is 21.9. The lowest BCUT2D eigenvalue weighted by Gasteiger charge is -2.23. The van der Waals surface area contributed by atoms with Gasteiger partial charge < -0.3 is 25.2 Å². The highest BCUT2D eigenvalue weighted by molar-refractivity contribution is 5.90. The Kier molecular flexibility index (Phi) is 8.83. The molecule has 0 aliphatic carbocycles. The predicted octanol–water partition coefficient (Wildman–Crippen LogP) is 1.56. The number of ether oxygens (including phenoxy) is 2. The third kappa shape index (κ3) is 7.21. The van der Waals surface area contributed by atoms with Gasteiger partial charge in [0.25, 0.3) is 0 Å². The summed E-state index contributed by atoms with van der Waals surface area (Å²) >= 11 is 0. The zero-order valence-corrected chi connectivity index (χ0v) is 16.9. The standard InChI is InChI=1S/C22H26N2O6/c1-15(25)19(24-22(28)30-14-17-11-7-4-8-12-17)20(26)23-18(21(27)29-2)13-16-9-5-3-6-10-16/h3-12,15,18-19,25H,13-14H2,1-2H3,(H,23,26)(H,24,28)/t15-,18+,19+/m1/s1. The van der Waals surface area contributed by atoms with Gasteiger partial charge in [-0.3, -0.25) is 4.79 Å². The maximum atomic E-state index is 12.7. The number of benzene rings is 2. The summed E-state index contributed by atoms with van der Waals surface area (Å²) in [5, 5.41) is 14.8. The fraction of sp³-hybridized carbons (Fsp3) is 0.318. The molecule has 2 rings (SSSR count). The SMILES string of the molecule is COC(=O)[C@H](Cc1ccccc1)NC(=O)[C@@H](NC(=O)OCc1ccccc1)[C@@H](C)O. The molecule has 8 nitrogen and oxygen atoms in total. The molecule has 3 N–H and O–H groups in total. The summed E-state index contributed by atoms with van der Waals surface area (Å²) in [6.07, 6.45) is -1.88. The van der Waals surface area contributed by atoms with Crippen molar-refractivity contribution >= 4 is 18.0 Å². The zero-order valence-electron chi connectivity index (χ0n) is 16.9. The van der Waals surface area contributed by atoms with Crippen LogP contribution in [-0.4, -0.2) is 48.4 Å². The summed E-state index contributed by atoms with van der Waals surface area (Å²) in [6, 6.07) is 15.8. The monoisotopic (exact) mass is 414 g/mol. The van der Waals surface area contributed by atoms with Crippen LogP contribution in [-0.2, 0) is 32.1 Å². The average Bonchev–Trinajstić information content (AvgIpc) is 2.76. The van der Waals surface area contributed by atoms with Crippen LogP contribution in [0, 0.1) is 0 Å². The van der Waals surface area contributed by atoms with E-state index in [0.29, 0.717) is 0 Å². The summed E-state index contributed by atoms with van der Waals surface area (Å²) < 4.78 is 9.86. The molecule has 2 aromatic rings. The molecule has 0 heterocycles. The number of amides is 2. The van der Waals surface area contributed by atoms with Gasteiger partial charge in [0, 0.05) is 6.42 Å². The maximum Gasteiger partial charge on any atom is 0.408 e. The van der Waals surface area contributed by atoms with Gasteiger partial charge in [-0.15, -0.1) is 0 Å². The molecule has 0 aliphatic rings. The van der Waals surface area contributed by atoms with E-state index in [0.717, 1.165) is 11.1 Å². The van der Waals surface area contributed by atoms with Gasteiger partial charge in [0.2, 0.25) is 5.91 Å². The highest BCUT2D eigenvalue weighted by Gasteiger charge is 2.30. The van der Waals surface area contributed by atoms with Crippen molar-refractivity contribution in [2.24, 2.45) is 0 Å². The second kappa shape index (κ2) is 11.6. The topological polar surface area (TPSA) is 114 Å². The van der Waals surface area contributed by atoms with Crippen molar-refractivity contribution in [1.29, 1.82) is 0 Å². The van der Waals surface area contributed by atoms with E-state index in [-0.39, 0.29) is 13.0 Å². The van der Waals surface area contributed by atoms with Gasteiger partial charge in [-0.1, -0.05) is 60.7 Å². The molecule has 8 heteroatoms. The number of aliphatic hydroxyl groups is 1. The highest BCUT2D eigenvalue weighted by atomic mass is 16.5. The van der Waals surface area contributed by atoms with E-state index in [9.17, 15) is 19.5 Å². The number of hydrogen-bond acceptors (Lipinski definition) is 6. The van der Waals surface area contributed by atoms with Gasteiger partial charge >= 0.3 is 12.1 Å². The van der Waals surface area contributed by atoms with E-state index in [1.165, 1.54) is 14.0 Å². The number of alkyl carbamates (subject to hydrolysis) is 1. The summed E-state index contributed by atoms with van der Waals surface area (Å²) in [5.41, 5.74) is 1.59. The Bertz CT molecular complexity index is 826. The van der Waals surface area contributed by atoms with Crippen molar-refractivity contribution in [1.82, 2.24) is 10.6 Å². The molecular formula is C22H26N2O6. The number of carbonyl (C=O) groups is 3. The molecule has 0 aromatic heterocycles. The van der Waals surface area contributed by atoms with E-state index in [1.807, 2.05) is 48.5 Å². The van der Waals surface area contributed by atoms with E-state index < -0.39 is 36.2 Å². The molecule has 0 radical (unpaired) electrons. The second-order valence-electron chi connectivity index (χ2n) is 6.70. The Hall–Kier alpha value is -3.39. The van der Waals surface area contributed by atoms with Gasteiger partial charge in [-0.25, -0.2) is 9.59 Å². The maximum absolute atomic E-state index is 12.7. The number of nitrogens with one attached hydrogen (secondary N) is 2. The van der Waals surface area contributed by atoms with Gasteiger partial charge in [-0.05, 0) is 18.1 Å². The molecular weight excluding hydrogens is 388 g/mol. The summed E-state index contributed by atoms with van der Waals surface area (Å²) in [5.74, 6) is -1.36. The number of methoxy groups -OCH3 is 1. The van der Waals surface area contributed by atoms with Crippen LogP contribution in [0.3, 0.4) is 0 Å². The minimum atomic E-state index is -1.31. The van der Waals surface area contributed by atoms with Crippen LogP contribution < -0.4 is 10.6 Å². The quantitative estimate of drug-likeness (QED) is 0.537. The van der Waals surface area contributed by atoms with Crippen LogP contribution in [0.15, 0.2) is 60.7 Å². The smallest absolute Gasteiger partial charge is 0.408 e. The van der Waals surface area contributed by atoms with Crippen molar-refractivity contribution in [2.75, 3.05) is 7.11 Å². The summed E-state index contributed by atoms with van der Waals surface area (Å²) in [7, 11) is 1.22. The molecule has 0 fully saturated rings. The number of carbonyl (C=O) groups excluding carboxylic acids is 3. The molecule has 160 valence electrons. The fourth-order valence-corrected chi connectivity index (χ4v) is 2.74. The lowest BCUT2D eigenvalue weighted by Crippen LogP contribution is -2.56. The Morgan fingerprint density at radius 3 is 2.03 bits per heavy atom. The molecule has 2 aromatic carbocycles. The van der Waals surface area contributed by atoms with Crippen molar-refractivity contribution in [3.05, 3.63) is 71.8 Å². The van der Waals surface area contributed by atoms with Crippen LogP contribution in [0.25, 0.3) is 0 Å². The van der Waals surface area contributed by atoms with Gasteiger partial charge in [0.15, 0.2) is 0 Å². The number of rotatable bonds is 9. The predicted molar refractivity (Wildman–Crippen MR) is 109 cm³/mol. The second-order valence-corrected chi connectivity index (χ2v) is 6.70. The number of aliphatic hydroxyl groups excluding tert-OH is 1. The van der Waals surface area contributed by atoms with Crippen LogP contribution in [0.5, 0.6) is 0 Å². The molecule has 30 heavy (non-hydrogen) atoms. The lowest BCUT2D eigenvalue weighted by molar-refractivity contribution is -0.145. The lowest BCUT2D eigenvalue weighted by atomic mass is 10.0. The average molecular weight is 414 g/mol. The van der Waals surface area contributed by atoms with Crippen LogP contribution in [0.4, 0.5) is 4.79 Å². The Labute approximate surface area is 175 Å². The van der Waals surface area contributed by atoms with Crippen molar-refractivity contribution in [3.8, 4) is 0 Å². The molecule has 0 saturated carbocycles. The summed E-state index contributed by atoms with van der Waals surface area (Å²) in [4.78, 5) is 36.9. The molecule has 0 spiro atoms. The minimum absolute atomic E-state index is 0.0135.